The quantitative estimate of drug-likeness (QED) is 0.795. The van der Waals surface area contributed by atoms with Crippen molar-refractivity contribution in [3.8, 4) is 0 Å². The fraction of sp³-hybridized carbons (Fsp3) is 0.529. The summed E-state index contributed by atoms with van der Waals surface area (Å²) in [5, 5.41) is 0.474. The minimum absolute atomic E-state index is 0.0375. The van der Waals surface area contributed by atoms with Crippen molar-refractivity contribution in [2.75, 3.05) is 39.3 Å². The van der Waals surface area contributed by atoms with Crippen molar-refractivity contribution in [1.82, 2.24) is 14.1 Å². The number of likely N-dealkylation sites (tertiary alicyclic amines) is 1. The van der Waals surface area contributed by atoms with Gasteiger partial charge in [-0.2, -0.15) is 4.31 Å². The molecule has 10 heteroatoms. The predicted octanol–water partition coefficient (Wildman–Crippen LogP) is 0.964. The Morgan fingerprint density at radius 2 is 1.63 bits per heavy atom. The number of nitrogens with zero attached hydrogens (tertiary/aromatic N) is 3. The lowest BCUT2D eigenvalue weighted by molar-refractivity contribution is -0.138. The average Bonchev–Trinajstić information content (AvgIpc) is 2.68. The third-order valence-electron chi connectivity index (χ3n) is 5.08. The van der Waals surface area contributed by atoms with E-state index in [1.165, 1.54) is 21.3 Å². The van der Waals surface area contributed by atoms with Gasteiger partial charge in [0, 0.05) is 44.3 Å². The summed E-state index contributed by atoms with van der Waals surface area (Å²) < 4.78 is 26.8. The van der Waals surface area contributed by atoms with Gasteiger partial charge >= 0.3 is 6.03 Å². The number of primary amides is 1. The second kappa shape index (κ2) is 8.04. The molecule has 2 N–H and O–H groups in total. The van der Waals surface area contributed by atoms with Crippen molar-refractivity contribution in [2.45, 2.75) is 17.7 Å². The number of nitrogens with two attached hydrogens (primary N) is 1. The van der Waals surface area contributed by atoms with Gasteiger partial charge in [-0.15, -0.1) is 0 Å². The second-order valence-electron chi connectivity index (χ2n) is 6.81. The minimum Gasteiger partial charge on any atom is -0.351 e. The van der Waals surface area contributed by atoms with Gasteiger partial charge < -0.3 is 15.5 Å². The van der Waals surface area contributed by atoms with E-state index in [2.05, 4.69) is 0 Å². The van der Waals surface area contributed by atoms with Gasteiger partial charge in [0.2, 0.25) is 15.9 Å². The number of amides is 3. The summed E-state index contributed by atoms with van der Waals surface area (Å²) in [6, 6.07) is 5.54. The molecule has 2 aliphatic heterocycles. The Hall–Kier alpha value is -1.84. The molecule has 8 nitrogen and oxygen atoms in total. The van der Waals surface area contributed by atoms with Crippen molar-refractivity contribution >= 4 is 33.6 Å². The summed E-state index contributed by atoms with van der Waals surface area (Å²) in [7, 11) is -3.61. The minimum atomic E-state index is -3.61. The van der Waals surface area contributed by atoms with Crippen molar-refractivity contribution in [3.63, 3.8) is 0 Å². The number of rotatable bonds is 3. The standard InChI is InChI=1S/C17H23ClN4O4S/c18-14-3-5-15(6-4-14)27(25,26)22-10-8-20(9-11-22)16(23)13-2-1-7-21(12-13)17(19)24/h3-6,13H,1-2,7-12H2,(H2,19,24)/t13-/m1/s1. The third kappa shape index (κ3) is 4.36. The highest BCUT2D eigenvalue weighted by Crippen LogP contribution is 2.22. The smallest absolute Gasteiger partial charge is 0.314 e. The number of halogens is 1. The van der Waals surface area contributed by atoms with Crippen molar-refractivity contribution < 1.29 is 18.0 Å². The Labute approximate surface area is 163 Å². The largest absolute Gasteiger partial charge is 0.351 e. The lowest BCUT2D eigenvalue weighted by Crippen LogP contribution is -2.54. The highest BCUT2D eigenvalue weighted by atomic mass is 35.5. The number of benzene rings is 1. The molecule has 0 radical (unpaired) electrons. The number of carbonyl (C=O) groups is 2. The van der Waals surface area contributed by atoms with Crippen LogP contribution in [0.4, 0.5) is 4.79 Å². The number of piperazine rings is 1. The molecular formula is C17H23ClN4O4S. The number of piperidine rings is 1. The van der Waals surface area contributed by atoms with E-state index < -0.39 is 16.1 Å². The first-order chi connectivity index (χ1) is 12.8. The Morgan fingerprint density at radius 3 is 2.22 bits per heavy atom. The molecule has 3 amide bonds. The summed E-state index contributed by atoms with van der Waals surface area (Å²) in [5.41, 5.74) is 5.32. The Kier molecular flexibility index (Phi) is 5.92. The van der Waals surface area contributed by atoms with Crippen LogP contribution in [0.5, 0.6) is 0 Å². The van der Waals surface area contributed by atoms with Gasteiger partial charge in [0.25, 0.3) is 0 Å². The molecule has 2 saturated heterocycles. The molecule has 2 heterocycles. The monoisotopic (exact) mass is 414 g/mol. The summed E-state index contributed by atoms with van der Waals surface area (Å²) in [4.78, 5) is 27.5. The highest BCUT2D eigenvalue weighted by Gasteiger charge is 2.34. The van der Waals surface area contributed by atoms with Gasteiger partial charge in [-0.3, -0.25) is 4.79 Å². The highest BCUT2D eigenvalue weighted by molar-refractivity contribution is 7.89. The van der Waals surface area contributed by atoms with Crippen LogP contribution in [0.3, 0.4) is 0 Å². The molecule has 3 rings (SSSR count). The summed E-state index contributed by atoms with van der Waals surface area (Å²) in [6.45, 7) is 2.05. The molecule has 1 aromatic rings. The number of hydrogen-bond donors (Lipinski definition) is 1. The lowest BCUT2D eigenvalue weighted by Gasteiger charge is -2.38. The van der Waals surface area contributed by atoms with E-state index in [1.807, 2.05) is 0 Å². The SMILES string of the molecule is NC(=O)N1CCC[C@@H](C(=O)N2CCN(S(=O)(=O)c3ccc(Cl)cc3)CC2)C1. The van der Waals surface area contributed by atoms with Crippen LogP contribution in [-0.2, 0) is 14.8 Å². The molecular weight excluding hydrogens is 392 g/mol. The maximum Gasteiger partial charge on any atom is 0.314 e. The second-order valence-corrected chi connectivity index (χ2v) is 9.18. The van der Waals surface area contributed by atoms with Gasteiger partial charge in [0.15, 0.2) is 0 Å². The van der Waals surface area contributed by atoms with E-state index in [1.54, 1.807) is 17.0 Å². The van der Waals surface area contributed by atoms with Crippen LogP contribution in [-0.4, -0.2) is 73.7 Å². The van der Waals surface area contributed by atoms with Gasteiger partial charge in [-0.05, 0) is 37.1 Å². The summed E-state index contributed by atoms with van der Waals surface area (Å²) >= 11 is 5.82. The van der Waals surface area contributed by atoms with Crippen LogP contribution < -0.4 is 5.73 Å². The topological polar surface area (TPSA) is 104 Å². The van der Waals surface area contributed by atoms with Gasteiger partial charge in [-0.1, -0.05) is 11.6 Å². The van der Waals surface area contributed by atoms with E-state index >= 15 is 0 Å². The summed E-state index contributed by atoms with van der Waals surface area (Å²) in [5.74, 6) is -0.310. The molecule has 0 saturated carbocycles. The number of carbonyl (C=O) groups excluding carboxylic acids is 2. The molecule has 0 unspecified atom stereocenters. The molecule has 0 aliphatic carbocycles. The Morgan fingerprint density at radius 1 is 1.00 bits per heavy atom. The van der Waals surface area contributed by atoms with E-state index in [-0.39, 0.29) is 29.8 Å². The van der Waals surface area contributed by atoms with Crippen molar-refractivity contribution in [2.24, 2.45) is 11.7 Å². The molecule has 0 spiro atoms. The first-order valence-corrected chi connectivity index (χ1v) is 10.7. The average molecular weight is 415 g/mol. The maximum atomic E-state index is 12.7. The molecule has 148 valence electrons. The predicted molar refractivity (Wildman–Crippen MR) is 101 cm³/mol. The molecule has 1 aromatic carbocycles. The van der Waals surface area contributed by atoms with E-state index in [0.717, 1.165) is 6.42 Å². The van der Waals surface area contributed by atoms with Crippen LogP contribution >= 0.6 is 11.6 Å². The molecule has 27 heavy (non-hydrogen) atoms. The number of urea groups is 1. The van der Waals surface area contributed by atoms with Gasteiger partial charge in [0.1, 0.15) is 0 Å². The van der Waals surface area contributed by atoms with Crippen LogP contribution in [0.25, 0.3) is 0 Å². The molecule has 0 aromatic heterocycles. The maximum absolute atomic E-state index is 12.7. The van der Waals surface area contributed by atoms with Crippen LogP contribution in [0.2, 0.25) is 5.02 Å². The van der Waals surface area contributed by atoms with E-state index in [9.17, 15) is 18.0 Å². The number of hydrogen-bond acceptors (Lipinski definition) is 4. The van der Waals surface area contributed by atoms with Crippen LogP contribution in [0.1, 0.15) is 12.8 Å². The Balaban J connectivity index is 1.60. The zero-order valence-electron chi connectivity index (χ0n) is 14.9. The lowest BCUT2D eigenvalue weighted by atomic mass is 9.96. The third-order valence-corrected chi connectivity index (χ3v) is 7.25. The van der Waals surface area contributed by atoms with Crippen molar-refractivity contribution in [3.05, 3.63) is 29.3 Å². The first-order valence-electron chi connectivity index (χ1n) is 8.88. The normalized spacial score (nSPS) is 21.9. The summed E-state index contributed by atoms with van der Waals surface area (Å²) in [6.07, 6.45) is 1.45. The fourth-order valence-corrected chi connectivity index (χ4v) is 5.09. The van der Waals surface area contributed by atoms with Crippen LogP contribution in [0.15, 0.2) is 29.2 Å². The Bertz CT molecular complexity index is 807. The van der Waals surface area contributed by atoms with E-state index in [4.69, 9.17) is 17.3 Å². The zero-order valence-corrected chi connectivity index (χ0v) is 16.5. The van der Waals surface area contributed by atoms with Gasteiger partial charge in [-0.25, -0.2) is 13.2 Å². The van der Waals surface area contributed by atoms with Crippen LogP contribution in [0, 0.1) is 5.92 Å². The molecule has 1 atom stereocenters. The molecule has 2 fully saturated rings. The van der Waals surface area contributed by atoms with Gasteiger partial charge in [0.05, 0.1) is 10.8 Å². The zero-order chi connectivity index (χ0) is 19.6. The number of sulfonamides is 1. The first kappa shape index (κ1) is 19.9. The molecule has 0 bridgehead atoms. The van der Waals surface area contributed by atoms with E-state index in [0.29, 0.717) is 37.6 Å². The fourth-order valence-electron chi connectivity index (χ4n) is 3.54. The van der Waals surface area contributed by atoms with Crippen molar-refractivity contribution in [1.29, 1.82) is 0 Å². The molecule has 2 aliphatic rings.